The maximum atomic E-state index is 11.4. The lowest BCUT2D eigenvalue weighted by Gasteiger charge is -2.16. The van der Waals surface area contributed by atoms with E-state index in [2.05, 4.69) is 15.2 Å². The molecule has 0 amide bonds. The Balaban J connectivity index is 2.54. The van der Waals surface area contributed by atoms with E-state index in [9.17, 15) is 4.79 Å². The molecule has 7 heteroatoms. The van der Waals surface area contributed by atoms with Crippen molar-refractivity contribution in [1.82, 2.24) is 19.6 Å². The van der Waals surface area contributed by atoms with E-state index in [1.807, 2.05) is 11.9 Å². The second kappa shape index (κ2) is 4.13. The number of rotatable bonds is 3. The number of H-pyrrole nitrogens is 1. The van der Waals surface area contributed by atoms with Crippen molar-refractivity contribution in [2.75, 3.05) is 24.4 Å². The minimum atomic E-state index is -0.272. The lowest BCUT2D eigenvalue weighted by Crippen LogP contribution is -2.22. The summed E-state index contributed by atoms with van der Waals surface area (Å²) in [6.07, 6.45) is 0. The van der Waals surface area contributed by atoms with Crippen LogP contribution in [0.5, 0.6) is 0 Å². The highest BCUT2D eigenvalue weighted by atomic mass is 35.5. The number of anilines is 1. The van der Waals surface area contributed by atoms with Gasteiger partial charge in [-0.15, -0.1) is 11.6 Å². The first-order valence-electron chi connectivity index (χ1n) is 4.85. The molecule has 6 nitrogen and oxygen atoms in total. The average molecular weight is 242 g/mol. The summed E-state index contributed by atoms with van der Waals surface area (Å²) in [6, 6.07) is 1.75. The predicted molar refractivity (Wildman–Crippen MR) is 62.3 cm³/mol. The van der Waals surface area contributed by atoms with Gasteiger partial charge in [0.1, 0.15) is 11.6 Å². The van der Waals surface area contributed by atoms with Crippen molar-refractivity contribution >= 4 is 23.1 Å². The van der Waals surface area contributed by atoms with E-state index in [1.165, 1.54) is 4.40 Å². The summed E-state index contributed by atoms with van der Waals surface area (Å²) in [5.41, 5.74) is 0.292. The number of nitrogens with one attached hydrogen (secondary N) is 1. The van der Waals surface area contributed by atoms with E-state index in [4.69, 9.17) is 11.6 Å². The number of fused-ring (bicyclic) bond motifs is 1. The van der Waals surface area contributed by atoms with Crippen molar-refractivity contribution in [3.8, 4) is 0 Å². The van der Waals surface area contributed by atoms with Crippen molar-refractivity contribution in [3.63, 3.8) is 0 Å². The van der Waals surface area contributed by atoms with E-state index in [0.29, 0.717) is 23.9 Å². The molecule has 0 saturated carbocycles. The van der Waals surface area contributed by atoms with Crippen LogP contribution in [0.4, 0.5) is 5.82 Å². The molecule has 0 unspecified atom stereocenters. The summed E-state index contributed by atoms with van der Waals surface area (Å²) in [5.74, 6) is 1.88. The minimum Gasteiger partial charge on any atom is -0.358 e. The van der Waals surface area contributed by atoms with E-state index >= 15 is 0 Å². The van der Waals surface area contributed by atoms with E-state index < -0.39 is 0 Å². The zero-order chi connectivity index (χ0) is 11.7. The third-order valence-electron chi connectivity index (χ3n) is 2.37. The summed E-state index contributed by atoms with van der Waals surface area (Å²) in [7, 11) is 1.89. The fourth-order valence-electron chi connectivity index (χ4n) is 1.52. The fourth-order valence-corrected chi connectivity index (χ4v) is 1.77. The maximum absolute atomic E-state index is 11.4. The van der Waals surface area contributed by atoms with Crippen LogP contribution >= 0.6 is 11.6 Å². The highest BCUT2D eigenvalue weighted by molar-refractivity contribution is 6.18. The molecule has 0 radical (unpaired) electrons. The molecule has 86 valence electrons. The van der Waals surface area contributed by atoms with Crippen LogP contribution in [-0.2, 0) is 0 Å². The molecule has 0 atom stereocenters. The predicted octanol–water partition coefficient (Wildman–Crippen LogP) is 0.401. The van der Waals surface area contributed by atoms with Crippen molar-refractivity contribution in [2.45, 2.75) is 6.92 Å². The SMILES string of the molecule is Cc1nc(N(C)CCCl)cc2n[nH]c(=O)n12. The van der Waals surface area contributed by atoms with Gasteiger partial charge in [0.15, 0.2) is 5.65 Å². The highest BCUT2D eigenvalue weighted by Crippen LogP contribution is 2.11. The molecule has 1 N–H and O–H groups in total. The summed E-state index contributed by atoms with van der Waals surface area (Å²) >= 11 is 5.66. The molecular formula is C9H12ClN5O. The molecule has 0 aromatic carbocycles. The lowest BCUT2D eigenvalue weighted by molar-refractivity contribution is 0.888. The van der Waals surface area contributed by atoms with Crippen LogP contribution in [0.15, 0.2) is 10.9 Å². The number of aryl methyl sites for hydroxylation is 1. The van der Waals surface area contributed by atoms with Crippen molar-refractivity contribution in [1.29, 1.82) is 0 Å². The van der Waals surface area contributed by atoms with Gasteiger partial charge in [0, 0.05) is 25.5 Å². The number of aromatic amines is 1. The number of hydrogen-bond acceptors (Lipinski definition) is 4. The quantitative estimate of drug-likeness (QED) is 0.790. The van der Waals surface area contributed by atoms with Crippen LogP contribution in [0.2, 0.25) is 0 Å². The molecule has 2 aromatic heterocycles. The first kappa shape index (κ1) is 10.9. The number of aromatic nitrogens is 4. The monoisotopic (exact) mass is 241 g/mol. The molecule has 0 spiro atoms. The summed E-state index contributed by atoms with van der Waals surface area (Å²) in [5, 5.41) is 6.30. The zero-order valence-corrected chi connectivity index (χ0v) is 9.82. The van der Waals surface area contributed by atoms with Crippen molar-refractivity contribution in [3.05, 3.63) is 22.4 Å². The minimum absolute atomic E-state index is 0.272. The van der Waals surface area contributed by atoms with Gasteiger partial charge in [0.05, 0.1) is 0 Å². The van der Waals surface area contributed by atoms with Gasteiger partial charge in [-0.25, -0.2) is 19.3 Å². The molecule has 2 aromatic rings. The van der Waals surface area contributed by atoms with E-state index in [-0.39, 0.29) is 5.69 Å². The van der Waals surface area contributed by atoms with Gasteiger partial charge in [0.2, 0.25) is 0 Å². The number of nitrogens with zero attached hydrogens (tertiary/aromatic N) is 4. The maximum Gasteiger partial charge on any atom is 0.349 e. The third-order valence-corrected chi connectivity index (χ3v) is 2.54. The molecular weight excluding hydrogens is 230 g/mol. The Hall–Kier alpha value is -1.56. The van der Waals surface area contributed by atoms with Gasteiger partial charge in [-0.1, -0.05) is 0 Å². The van der Waals surface area contributed by atoms with Gasteiger partial charge < -0.3 is 4.90 Å². The molecule has 0 fully saturated rings. The van der Waals surface area contributed by atoms with Crippen LogP contribution in [0.1, 0.15) is 5.82 Å². The van der Waals surface area contributed by atoms with Crippen LogP contribution in [0.3, 0.4) is 0 Å². The Kier molecular flexibility index (Phi) is 2.82. The first-order valence-corrected chi connectivity index (χ1v) is 5.39. The summed E-state index contributed by atoms with van der Waals surface area (Å²) < 4.78 is 1.43. The average Bonchev–Trinajstić information content (AvgIpc) is 2.61. The molecule has 0 saturated heterocycles. The molecule has 0 aliphatic carbocycles. The Labute approximate surface area is 96.9 Å². The number of halogens is 1. The van der Waals surface area contributed by atoms with Crippen LogP contribution in [-0.4, -0.2) is 39.1 Å². The second-order valence-electron chi connectivity index (χ2n) is 3.49. The number of alkyl halides is 1. The normalized spacial score (nSPS) is 10.9. The number of hydrogen-bond donors (Lipinski definition) is 1. The van der Waals surface area contributed by atoms with Crippen molar-refractivity contribution in [2.24, 2.45) is 0 Å². The van der Waals surface area contributed by atoms with E-state index in [0.717, 1.165) is 5.82 Å². The van der Waals surface area contributed by atoms with Gasteiger partial charge in [-0.2, -0.15) is 5.10 Å². The smallest absolute Gasteiger partial charge is 0.349 e. The van der Waals surface area contributed by atoms with Crippen LogP contribution < -0.4 is 10.6 Å². The van der Waals surface area contributed by atoms with Gasteiger partial charge in [0.25, 0.3) is 0 Å². The Bertz CT molecular complexity index is 561. The standard InChI is InChI=1S/C9H12ClN5O/c1-6-11-7(14(2)4-3-10)5-8-12-13-9(16)15(6)8/h5H,3-4H2,1-2H3,(H,13,16). The fraction of sp³-hybridized carbons (Fsp3) is 0.444. The first-order chi connectivity index (χ1) is 7.63. The molecule has 0 aliphatic heterocycles. The second-order valence-corrected chi connectivity index (χ2v) is 3.87. The topological polar surface area (TPSA) is 66.3 Å². The Morgan fingerprint density at radius 2 is 2.38 bits per heavy atom. The van der Waals surface area contributed by atoms with Gasteiger partial charge in [-0.05, 0) is 6.92 Å². The molecule has 16 heavy (non-hydrogen) atoms. The third kappa shape index (κ3) is 1.76. The summed E-state index contributed by atoms with van der Waals surface area (Å²) in [6.45, 7) is 2.46. The van der Waals surface area contributed by atoms with E-state index in [1.54, 1.807) is 13.0 Å². The molecule has 0 aliphatic rings. The molecule has 0 bridgehead atoms. The lowest BCUT2D eigenvalue weighted by atomic mass is 10.4. The Morgan fingerprint density at radius 3 is 3.06 bits per heavy atom. The van der Waals surface area contributed by atoms with Crippen LogP contribution in [0.25, 0.3) is 5.65 Å². The van der Waals surface area contributed by atoms with Crippen molar-refractivity contribution < 1.29 is 0 Å². The molecule has 2 rings (SSSR count). The summed E-state index contributed by atoms with van der Waals surface area (Å²) in [4.78, 5) is 17.6. The zero-order valence-electron chi connectivity index (χ0n) is 9.07. The largest absolute Gasteiger partial charge is 0.358 e. The highest BCUT2D eigenvalue weighted by Gasteiger charge is 2.09. The van der Waals surface area contributed by atoms with Crippen LogP contribution in [0, 0.1) is 6.92 Å². The van der Waals surface area contributed by atoms with Gasteiger partial charge >= 0.3 is 5.69 Å². The molecule has 2 heterocycles. The Morgan fingerprint density at radius 1 is 1.62 bits per heavy atom. The van der Waals surface area contributed by atoms with Gasteiger partial charge in [-0.3, -0.25) is 0 Å².